The number of carbonyl (C=O) groups excluding carboxylic acids is 2. The molecule has 0 spiro atoms. The Morgan fingerprint density at radius 3 is 2.96 bits per heavy atom. The summed E-state index contributed by atoms with van der Waals surface area (Å²) in [4.78, 5) is 41.0. The number of nitrogens with zero attached hydrogens (tertiary/aromatic N) is 2. The maximum atomic E-state index is 12.4. The van der Waals surface area contributed by atoms with E-state index in [-0.39, 0.29) is 29.7 Å². The number of hydrogen-bond donors (Lipinski definition) is 1. The van der Waals surface area contributed by atoms with E-state index in [9.17, 15) is 14.4 Å². The lowest BCUT2D eigenvalue weighted by molar-refractivity contribution is -0.124. The summed E-state index contributed by atoms with van der Waals surface area (Å²) in [5.41, 5.74) is 0.704. The molecule has 2 aromatic rings. The van der Waals surface area contributed by atoms with E-state index in [1.165, 1.54) is 0 Å². The average Bonchev–Trinajstić information content (AvgIpc) is 3.38. The molecule has 1 atom stereocenters. The molecule has 136 valence electrons. The molecule has 1 saturated carbocycles. The molecule has 1 fully saturated rings. The fourth-order valence-electron chi connectivity index (χ4n) is 3.43. The Balaban J connectivity index is 1.46. The highest BCUT2D eigenvalue weighted by Gasteiger charge is 2.29. The zero-order chi connectivity index (χ0) is 18.3. The summed E-state index contributed by atoms with van der Waals surface area (Å²) in [5.74, 6) is 0.403. The normalized spacial score (nSPS) is 17.0. The third kappa shape index (κ3) is 3.21. The van der Waals surface area contributed by atoms with E-state index in [2.05, 4.69) is 10.3 Å². The van der Waals surface area contributed by atoms with Gasteiger partial charge in [0.15, 0.2) is 6.61 Å². The summed E-state index contributed by atoms with van der Waals surface area (Å²) in [7, 11) is 0. The quantitative estimate of drug-likeness (QED) is 0.819. The van der Waals surface area contributed by atoms with Crippen LogP contribution in [0.25, 0.3) is 10.9 Å². The summed E-state index contributed by atoms with van der Waals surface area (Å²) in [6, 6.07) is 4.81. The lowest BCUT2D eigenvalue weighted by atomic mass is 10.1. The summed E-state index contributed by atoms with van der Waals surface area (Å²) in [5, 5.41) is 3.33. The number of esters is 1. The molecule has 1 amide bonds. The number of nitrogens with one attached hydrogen (secondary N) is 1. The predicted molar refractivity (Wildman–Crippen MR) is 94.9 cm³/mol. The number of ether oxygens (including phenoxy) is 1. The van der Waals surface area contributed by atoms with Gasteiger partial charge in [0.25, 0.3) is 11.5 Å². The number of hydrogen-bond acceptors (Lipinski definition) is 5. The fourth-order valence-corrected chi connectivity index (χ4v) is 3.43. The van der Waals surface area contributed by atoms with Crippen LogP contribution in [0.1, 0.15) is 42.4 Å². The van der Waals surface area contributed by atoms with Gasteiger partial charge in [0.05, 0.1) is 16.5 Å². The highest BCUT2D eigenvalue weighted by Crippen LogP contribution is 2.32. The Kier molecular flexibility index (Phi) is 4.22. The van der Waals surface area contributed by atoms with Gasteiger partial charge in [0.2, 0.25) is 0 Å². The van der Waals surface area contributed by atoms with Crippen LogP contribution in [0.3, 0.4) is 0 Å². The second kappa shape index (κ2) is 6.55. The van der Waals surface area contributed by atoms with Crippen molar-refractivity contribution >= 4 is 22.8 Å². The molecule has 2 aliphatic rings. The second-order valence-electron chi connectivity index (χ2n) is 7.09. The van der Waals surface area contributed by atoms with Crippen LogP contribution in [0.4, 0.5) is 0 Å². The van der Waals surface area contributed by atoms with Gasteiger partial charge in [-0.3, -0.25) is 14.2 Å². The first-order chi connectivity index (χ1) is 12.5. The van der Waals surface area contributed by atoms with Crippen LogP contribution in [0.2, 0.25) is 0 Å². The van der Waals surface area contributed by atoms with Crippen molar-refractivity contribution < 1.29 is 14.3 Å². The van der Waals surface area contributed by atoms with Gasteiger partial charge in [-0.05, 0) is 50.3 Å². The number of aryl methyl sites for hydroxylation is 1. The molecule has 0 bridgehead atoms. The van der Waals surface area contributed by atoms with E-state index in [1.807, 2.05) is 6.92 Å². The first kappa shape index (κ1) is 16.8. The zero-order valence-corrected chi connectivity index (χ0v) is 14.7. The van der Waals surface area contributed by atoms with Crippen LogP contribution in [-0.4, -0.2) is 34.1 Å². The topological polar surface area (TPSA) is 90.3 Å². The van der Waals surface area contributed by atoms with Crippen molar-refractivity contribution in [2.45, 2.75) is 45.2 Å². The van der Waals surface area contributed by atoms with E-state index in [0.717, 1.165) is 31.5 Å². The van der Waals surface area contributed by atoms with Gasteiger partial charge in [-0.2, -0.15) is 0 Å². The summed E-state index contributed by atoms with van der Waals surface area (Å²) < 4.78 is 6.79. The fraction of sp³-hybridized carbons (Fsp3) is 0.474. The van der Waals surface area contributed by atoms with Crippen LogP contribution in [0, 0.1) is 5.92 Å². The molecule has 1 N–H and O–H groups in total. The molecule has 0 radical (unpaired) electrons. The number of amides is 1. The first-order valence-corrected chi connectivity index (χ1v) is 9.03. The molecule has 7 nitrogen and oxygen atoms in total. The lowest BCUT2D eigenvalue weighted by Gasteiger charge is -2.12. The van der Waals surface area contributed by atoms with Crippen molar-refractivity contribution in [2.75, 3.05) is 6.61 Å². The van der Waals surface area contributed by atoms with Crippen LogP contribution in [0.5, 0.6) is 0 Å². The van der Waals surface area contributed by atoms with Gasteiger partial charge in [0.1, 0.15) is 5.82 Å². The molecule has 0 unspecified atom stereocenters. The molecule has 1 aliphatic heterocycles. The maximum absolute atomic E-state index is 12.4. The van der Waals surface area contributed by atoms with Gasteiger partial charge in [0, 0.05) is 19.0 Å². The summed E-state index contributed by atoms with van der Waals surface area (Å²) >= 11 is 0. The van der Waals surface area contributed by atoms with Crippen molar-refractivity contribution in [2.24, 2.45) is 5.92 Å². The Labute approximate surface area is 150 Å². The van der Waals surface area contributed by atoms with Gasteiger partial charge in [-0.1, -0.05) is 0 Å². The van der Waals surface area contributed by atoms with Crippen LogP contribution >= 0.6 is 0 Å². The van der Waals surface area contributed by atoms with E-state index in [1.54, 1.807) is 22.8 Å². The SMILES string of the molecule is C[C@@H](NC(=O)COC(=O)c1ccc2c(=O)n3c(nc2c1)CCC3)C1CC1. The highest BCUT2D eigenvalue weighted by molar-refractivity contribution is 5.95. The van der Waals surface area contributed by atoms with E-state index in [4.69, 9.17) is 4.74 Å². The van der Waals surface area contributed by atoms with Crippen molar-refractivity contribution in [1.82, 2.24) is 14.9 Å². The van der Waals surface area contributed by atoms with Crippen molar-refractivity contribution in [3.63, 3.8) is 0 Å². The smallest absolute Gasteiger partial charge is 0.338 e. The molecule has 1 aromatic heterocycles. The standard InChI is InChI=1S/C19H21N3O4/c1-11(12-4-5-12)20-17(23)10-26-19(25)13-6-7-14-15(9-13)21-16-3-2-8-22(16)18(14)24/h6-7,9,11-12H,2-5,8,10H2,1H3,(H,20,23)/t11-/m1/s1. The Morgan fingerprint density at radius 2 is 2.19 bits per heavy atom. The zero-order valence-electron chi connectivity index (χ0n) is 14.7. The molecule has 0 saturated heterocycles. The Morgan fingerprint density at radius 1 is 1.38 bits per heavy atom. The van der Waals surface area contributed by atoms with E-state index < -0.39 is 5.97 Å². The first-order valence-electron chi connectivity index (χ1n) is 9.03. The minimum Gasteiger partial charge on any atom is -0.452 e. The van der Waals surface area contributed by atoms with Gasteiger partial charge in [-0.25, -0.2) is 9.78 Å². The molecule has 4 rings (SSSR count). The number of fused-ring (bicyclic) bond motifs is 2. The van der Waals surface area contributed by atoms with Crippen molar-refractivity contribution in [3.05, 3.63) is 39.9 Å². The monoisotopic (exact) mass is 355 g/mol. The van der Waals surface area contributed by atoms with Crippen LogP contribution in [-0.2, 0) is 22.5 Å². The molecule has 1 aliphatic carbocycles. The highest BCUT2D eigenvalue weighted by atomic mass is 16.5. The van der Waals surface area contributed by atoms with Gasteiger partial charge < -0.3 is 10.1 Å². The molecular formula is C19H21N3O4. The summed E-state index contributed by atoms with van der Waals surface area (Å²) in [6.07, 6.45) is 3.94. The van der Waals surface area contributed by atoms with Crippen LogP contribution in [0.15, 0.2) is 23.0 Å². The lowest BCUT2D eigenvalue weighted by Crippen LogP contribution is -2.37. The largest absolute Gasteiger partial charge is 0.452 e. The van der Waals surface area contributed by atoms with Crippen molar-refractivity contribution in [3.8, 4) is 0 Å². The van der Waals surface area contributed by atoms with Crippen molar-refractivity contribution in [1.29, 1.82) is 0 Å². The van der Waals surface area contributed by atoms with Gasteiger partial charge >= 0.3 is 5.97 Å². The number of aromatic nitrogens is 2. The molecule has 7 heteroatoms. The van der Waals surface area contributed by atoms with E-state index in [0.29, 0.717) is 23.4 Å². The Hall–Kier alpha value is -2.70. The third-order valence-corrected chi connectivity index (χ3v) is 5.10. The molecule has 26 heavy (non-hydrogen) atoms. The number of rotatable bonds is 5. The second-order valence-corrected chi connectivity index (χ2v) is 7.09. The minimum atomic E-state index is -0.594. The number of benzene rings is 1. The Bertz CT molecular complexity index is 946. The summed E-state index contributed by atoms with van der Waals surface area (Å²) in [6.45, 7) is 2.34. The number of carbonyl (C=O) groups is 2. The average molecular weight is 355 g/mol. The molecule has 2 heterocycles. The van der Waals surface area contributed by atoms with E-state index >= 15 is 0 Å². The predicted octanol–water partition coefficient (Wildman–Crippen LogP) is 1.41. The van der Waals surface area contributed by atoms with Gasteiger partial charge in [-0.15, -0.1) is 0 Å². The third-order valence-electron chi connectivity index (χ3n) is 5.10. The minimum absolute atomic E-state index is 0.0733. The maximum Gasteiger partial charge on any atom is 0.338 e. The molecule has 1 aromatic carbocycles. The molecular weight excluding hydrogens is 334 g/mol. The van der Waals surface area contributed by atoms with Crippen LogP contribution < -0.4 is 10.9 Å².